The average molecular weight is 316 g/mol. The minimum absolute atomic E-state index is 0.174. The van der Waals surface area contributed by atoms with Gasteiger partial charge in [0, 0.05) is 9.79 Å². The smallest absolute Gasteiger partial charge is 0.417 e. The first-order valence-corrected chi connectivity index (χ1v) is 6.47. The maximum Gasteiger partial charge on any atom is 0.417 e. The normalized spacial score (nSPS) is 11.4. The number of hydrogen-bond donors (Lipinski definition) is 1. The molecule has 0 amide bonds. The molecular formula is C14H8F4O2S. The molecule has 0 aliphatic heterocycles. The van der Waals surface area contributed by atoms with E-state index in [0.29, 0.717) is 11.8 Å². The standard InChI is InChI=1S/C14H8F4O2S/c15-10-6-5-8(13(19)20)7-12(10)21-11-4-2-1-3-9(11)14(16,17)18/h1-7H,(H,19,20). The molecule has 0 aliphatic carbocycles. The molecule has 2 aromatic rings. The van der Waals surface area contributed by atoms with Crippen LogP contribution in [0.2, 0.25) is 0 Å². The van der Waals surface area contributed by atoms with Crippen LogP contribution in [-0.2, 0) is 6.18 Å². The molecule has 2 rings (SSSR count). The number of carboxylic acid groups (broad SMARTS) is 1. The molecule has 7 heteroatoms. The van der Waals surface area contributed by atoms with E-state index in [1.807, 2.05) is 0 Å². The van der Waals surface area contributed by atoms with E-state index in [-0.39, 0.29) is 15.4 Å². The molecule has 0 heterocycles. The van der Waals surface area contributed by atoms with E-state index in [0.717, 1.165) is 24.3 Å². The Bertz CT molecular complexity index is 683. The minimum atomic E-state index is -4.57. The van der Waals surface area contributed by atoms with Crippen molar-refractivity contribution in [2.45, 2.75) is 16.0 Å². The monoisotopic (exact) mass is 316 g/mol. The lowest BCUT2D eigenvalue weighted by molar-refractivity contribution is -0.139. The zero-order valence-corrected chi connectivity index (χ0v) is 11.1. The maximum absolute atomic E-state index is 13.7. The summed E-state index contributed by atoms with van der Waals surface area (Å²) in [5.41, 5.74) is -1.08. The lowest BCUT2D eigenvalue weighted by Gasteiger charge is -2.12. The molecule has 0 spiro atoms. The molecule has 0 atom stereocenters. The molecule has 1 N–H and O–H groups in total. The van der Waals surface area contributed by atoms with Gasteiger partial charge in [0.25, 0.3) is 0 Å². The number of halogens is 4. The van der Waals surface area contributed by atoms with Crippen molar-refractivity contribution in [2.24, 2.45) is 0 Å². The van der Waals surface area contributed by atoms with Gasteiger partial charge in [0.2, 0.25) is 0 Å². The Morgan fingerprint density at radius 2 is 1.71 bits per heavy atom. The average Bonchev–Trinajstić information content (AvgIpc) is 2.40. The van der Waals surface area contributed by atoms with Crippen LogP contribution in [0.25, 0.3) is 0 Å². The molecule has 110 valence electrons. The van der Waals surface area contributed by atoms with E-state index in [2.05, 4.69) is 0 Å². The van der Waals surface area contributed by atoms with Gasteiger partial charge in [-0.1, -0.05) is 23.9 Å². The summed E-state index contributed by atoms with van der Waals surface area (Å²) in [6.45, 7) is 0. The highest BCUT2D eigenvalue weighted by Gasteiger charge is 2.33. The fourth-order valence-electron chi connectivity index (χ4n) is 1.62. The summed E-state index contributed by atoms with van der Waals surface area (Å²) in [6, 6.07) is 7.71. The summed E-state index contributed by atoms with van der Waals surface area (Å²) in [4.78, 5) is 10.5. The first-order chi connectivity index (χ1) is 9.79. The summed E-state index contributed by atoms with van der Waals surface area (Å²) in [5.74, 6) is -2.05. The lowest BCUT2D eigenvalue weighted by atomic mass is 10.2. The van der Waals surface area contributed by atoms with Gasteiger partial charge >= 0.3 is 12.1 Å². The maximum atomic E-state index is 13.7. The van der Waals surface area contributed by atoms with Crippen molar-refractivity contribution < 1.29 is 27.5 Å². The van der Waals surface area contributed by atoms with Crippen LogP contribution in [0.15, 0.2) is 52.3 Å². The summed E-state index contributed by atoms with van der Waals surface area (Å²) in [5, 5.41) is 8.84. The molecule has 0 bridgehead atoms. The molecule has 2 nitrogen and oxygen atoms in total. The van der Waals surface area contributed by atoms with Gasteiger partial charge in [-0.25, -0.2) is 9.18 Å². The van der Waals surface area contributed by atoms with Gasteiger partial charge in [0.15, 0.2) is 0 Å². The molecule has 0 saturated heterocycles. The van der Waals surface area contributed by atoms with E-state index >= 15 is 0 Å². The fraction of sp³-hybridized carbons (Fsp3) is 0.0714. The van der Waals surface area contributed by atoms with Crippen LogP contribution in [0.4, 0.5) is 17.6 Å². The molecule has 0 aromatic heterocycles. The largest absolute Gasteiger partial charge is 0.478 e. The predicted octanol–water partition coefficient (Wildman–Crippen LogP) is 4.69. The third-order valence-electron chi connectivity index (χ3n) is 2.59. The second-order valence-corrected chi connectivity index (χ2v) is 5.13. The molecule has 0 radical (unpaired) electrons. The van der Waals surface area contributed by atoms with Crippen LogP contribution in [0.1, 0.15) is 15.9 Å². The highest BCUT2D eigenvalue weighted by Crippen LogP contribution is 2.40. The summed E-state index contributed by atoms with van der Waals surface area (Å²) >= 11 is 0.541. The van der Waals surface area contributed by atoms with Gasteiger partial charge < -0.3 is 5.11 Å². The highest BCUT2D eigenvalue weighted by atomic mass is 32.2. The number of aromatic carboxylic acids is 1. The van der Waals surface area contributed by atoms with Gasteiger partial charge in [-0.05, 0) is 30.3 Å². The number of benzene rings is 2. The molecule has 0 fully saturated rings. The molecule has 21 heavy (non-hydrogen) atoms. The van der Waals surface area contributed by atoms with Gasteiger partial charge in [0.05, 0.1) is 11.1 Å². The first-order valence-electron chi connectivity index (χ1n) is 5.66. The fourth-order valence-corrected chi connectivity index (χ4v) is 2.65. The Labute approximate surface area is 121 Å². The van der Waals surface area contributed by atoms with E-state index in [1.165, 1.54) is 18.2 Å². The molecule has 2 aromatic carbocycles. The second kappa shape index (κ2) is 5.77. The molecule has 0 aliphatic rings. The Balaban J connectivity index is 2.44. The van der Waals surface area contributed by atoms with E-state index < -0.39 is 23.5 Å². The first kappa shape index (κ1) is 15.4. The summed E-state index contributed by atoms with van der Waals surface area (Å²) in [6.07, 6.45) is -4.57. The zero-order valence-electron chi connectivity index (χ0n) is 10.3. The highest BCUT2D eigenvalue weighted by molar-refractivity contribution is 7.99. The van der Waals surface area contributed by atoms with Gasteiger partial charge in [0.1, 0.15) is 5.82 Å². The van der Waals surface area contributed by atoms with Crippen molar-refractivity contribution in [3.63, 3.8) is 0 Å². The quantitative estimate of drug-likeness (QED) is 0.834. The molecule has 0 unspecified atom stereocenters. The topological polar surface area (TPSA) is 37.3 Å². The Kier molecular flexibility index (Phi) is 4.22. The van der Waals surface area contributed by atoms with Crippen molar-refractivity contribution in [3.8, 4) is 0 Å². The Morgan fingerprint density at radius 3 is 2.33 bits per heavy atom. The predicted molar refractivity (Wildman–Crippen MR) is 68.9 cm³/mol. The van der Waals surface area contributed by atoms with Crippen LogP contribution in [-0.4, -0.2) is 11.1 Å². The summed E-state index contributed by atoms with van der Waals surface area (Å²) < 4.78 is 52.2. The third kappa shape index (κ3) is 3.55. The molecule has 0 saturated carbocycles. The lowest BCUT2D eigenvalue weighted by Crippen LogP contribution is -2.06. The third-order valence-corrected chi connectivity index (χ3v) is 3.70. The van der Waals surface area contributed by atoms with Crippen molar-refractivity contribution >= 4 is 17.7 Å². The number of alkyl halides is 3. The van der Waals surface area contributed by atoms with E-state index in [1.54, 1.807) is 0 Å². The minimum Gasteiger partial charge on any atom is -0.478 e. The van der Waals surface area contributed by atoms with Crippen molar-refractivity contribution in [3.05, 3.63) is 59.4 Å². The van der Waals surface area contributed by atoms with Gasteiger partial charge in [-0.2, -0.15) is 13.2 Å². The number of carbonyl (C=O) groups is 1. The Hall–Kier alpha value is -2.02. The zero-order chi connectivity index (χ0) is 15.6. The van der Waals surface area contributed by atoms with Crippen molar-refractivity contribution in [1.29, 1.82) is 0 Å². The number of carboxylic acids is 1. The molecular weight excluding hydrogens is 308 g/mol. The number of hydrogen-bond acceptors (Lipinski definition) is 2. The van der Waals surface area contributed by atoms with E-state index in [4.69, 9.17) is 5.11 Å². The summed E-state index contributed by atoms with van der Waals surface area (Å²) in [7, 11) is 0. The van der Waals surface area contributed by atoms with Crippen LogP contribution < -0.4 is 0 Å². The van der Waals surface area contributed by atoms with Crippen LogP contribution in [0, 0.1) is 5.82 Å². The van der Waals surface area contributed by atoms with Crippen LogP contribution >= 0.6 is 11.8 Å². The second-order valence-electron chi connectivity index (χ2n) is 4.05. The van der Waals surface area contributed by atoms with E-state index in [9.17, 15) is 22.4 Å². The van der Waals surface area contributed by atoms with Crippen LogP contribution in [0.5, 0.6) is 0 Å². The van der Waals surface area contributed by atoms with Crippen molar-refractivity contribution in [1.82, 2.24) is 0 Å². The number of rotatable bonds is 3. The van der Waals surface area contributed by atoms with Crippen LogP contribution in [0.3, 0.4) is 0 Å². The van der Waals surface area contributed by atoms with Crippen molar-refractivity contribution in [2.75, 3.05) is 0 Å². The van der Waals surface area contributed by atoms with Gasteiger partial charge in [-0.3, -0.25) is 0 Å². The van der Waals surface area contributed by atoms with Gasteiger partial charge in [-0.15, -0.1) is 0 Å². The Morgan fingerprint density at radius 1 is 1.05 bits per heavy atom. The SMILES string of the molecule is O=C(O)c1ccc(F)c(Sc2ccccc2C(F)(F)F)c1.